The maximum atomic E-state index is 12.8. The van der Waals surface area contributed by atoms with Gasteiger partial charge in [0.05, 0.1) is 18.2 Å². The first kappa shape index (κ1) is 21.3. The van der Waals surface area contributed by atoms with E-state index in [0.717, 1.165) is 5.56 Å². The molecule has 8 nitrogen and oxygen atoms in total. The molecule has 0 unspecified atom stereocenters. The van der Waals surface area contributed by atoms with E-state index in [0.29, 0.717) is 43.0 Å². The second-order valence-electron chi connectivity index (χ2n) is 7.84. The van der Waals surface area contributed by atoms with E-state index in [2.05, 4.69) is 5.32 Å². The van der Waals surface area contributed by atoms with Crippen molar-refractivity contribution in [2.45, 2.75) is 32.2 Å². The molecule has 1 amide bonds. The second kappa shape index (κ2) is 8.32. The van der Waals surface area contributed by atoms with Gasteiger partial charge in [0.1, 0.15) is 11.5 Å². The van der Waals surface area contributed by atoms with Gasteiger partial charge < -0.3 is 14.2 Å². The molecule has 1 N–H and O–H groups in total. The van der Waals surface area contributed by atoms with E-state index >= 15 is 0 Å². The van der Waals surface area contributed by atoms with Gasteiger partial charge in [-0.2, -0.15) is 0 Å². The van der Waals surface area contributed by atoms with Crippen LogP contribution in [0.5, 0.6) is 0 Å². The normalized spacial score (nSPS) is 15.9. The number of nitrogens with one attached hydrogen (secondary N) is 1. The summed E-state index contributed by atoms with van der Waals surface area (Å²) >= 11 is 0. The summed E-state index contributed by atoms with van der Waals surface area (Å²) in [7, 11) is -3.22. The van der Waals surface area contributed by atoms with Crippen LogP contribution in [-0.4, -0.2) is 44.0 Å². The number of fused-ring (bicyclic) bond motifs is 1. The molecule has 31 heavy (non-hydrogen) atoms. The van der Waals surface area contributed by atoms with Crippen molar-refractivity contribution in [3.8, 4) is 11.3 Å². The molecule has 3 heterocycles. The first-order valence-electron chi connectivity index (χ1n) is 10.1. The Balaban J connectivity index is 1.59. The molecule has 4 rings (SSSR count). The number of piperidine rings is 1. The van der Waals surface area contributed by atoms with Crippen LogP contribution in [0.25, 0.3) is 22.5 Å². The third kappa shape index (κ3) is 4.57. The predicted molar refractivity (Wildman–Crippen MR) is 116 cm³/mol. The molecule has 0 radical (unpaired) electrons. The minimum absolute atomic E-state index is 0.0179. The van der Waals surface area contributed by atoms with Gasteiger partial charge in [0.15, 0.2) is 5.58 Å². The van der Waals surface area contributed by atoms with Gasteiger partial charge in [0.2, 0.25) is 26.9 Å². The van der Waals surface area contributed by atoms with Gasteiger partial charge in [-0.25, -0.2) is 12.7 Å². The number of rotatable bonds is 5. The van der Waals surface area contributed by atoms with Crippen molar-refractivity contribution in [3.05, 3.63) is 57.9 Å². The summed E-state index contributed by atoms with van der Waals surface area (Å²) in [4.78, 5) is 25.3. The highest BCUT2D eigenvalue weighted by Gasteiger charge is 2.27. The third-order valence-corrected chi connectivity index (χ3v) is 6.74. The number of hydrogen-bond donors (Lipinski definition) is 1. The van der Waals surface area contributed by atoms with Gasteiger partial charge in [0.25, 0.3) is 0 Å². The SMILES string of the molecule is Cc1cc(=O)c2oc(-c3ccccc3)c(CC(=O)NC3CCN(S(C)(=O)=O)CC3)c2o1. The molecule has 164 valence electrons. The summed E-state index contributed by atoms with van der Waals surface area (Å²) in [6.07, 6.45) is 2.27. The van der Waals surface area contributed by atoms with Crippen molar-refractivity contribution in [2.24, 2.45) is 0 Å². The number of furan rings is 1. The molecule has 0 atom stereocenters. The zero-order valence-electron chi connectivity index (χ0n) is 17.4. The first-order valence-corrected chi connectivity index (χ1v) is 11.9. The van der Waals surface area contributed by atoms with Gasteiger partial charge in [-0.1, -0.05) is 30.3 Å². The minimum atomic E-state index is -3.22. The molecule has 3 aromatic rings. The van der Waals surface area contributed by atoms with Crippen molar-refractivity contribution < 1.29 is 22.0 Å². The number of amides is 1. The highest BCUT2D eigenvalue weighted by atomic mass is 32.2. The molecule has 0 bridgehead atoms. The largest absolute Gasteiger partial charge is 0.457 e. The summed E-state index contributed by atoms with van der Waals surface area (Å²) < 4.78 is 36.4. The summed E-state index contributed by atoms with van der Waals surface area (Å²) in [5.74, 6) is 0.638. The van der Waals surface area contributed by atoms with Crippen LogP contribution in [0.3, 0.4) is 0 Å². The van der Waals surface area contributed by atoms with E-state index in [4.69, 9.17) is 8.83 Å². The average Bonchev–Trinajstić information content (AvgIpc) is 3.07. The lowest BCUT2D eigenvalue weighted by atomic mass is 10.0. The number of carbonyl (C=O) groups is 1. The number of nitrogens with zero attached hydrogens (tertiary/aromatic N) is 1. The molecule has 2 aromatic heterocycles. The van der Waals surface area contributed by atoms with E-state index in [9.17, 15) is 18.0 Å². The Bertz CT molecular complexity index is 1270. The Kier molecular flexibility index (Phi) is 5.72. The zero-order valence-corrected chi connectivity index (χ0v) is 18.2. The van der Waals surface area contributed by atoms with Gasteiger partial charge in [-0.3, -0.25) is 9.59 Å². The Hall–Kier alpha value is -2.91. The monoisotopic (exact) mass is 444 g/mol. The molecular formula is C22H24N2O6S. The van der Waals surface area contributed by atoms with Gasteiger partial charge in [-0.15, -0.1) is 0 Å². The van der Waals surface area contributed by atoms with Crippen LogP contribution in [0.4, 0.5) is 0 Å². The van der Waals surface area contributed by atoms with Gasteiger partial charge in [0, 0.05) is 30.8 Å². The van der Waals surface area contributed by atoms with E-state index in [1.807, 2.05) is 30.3 Å². The zero-order chi connectivity index (χ0) is 22.2. The fraction of sp³-hybridized carbons (Fsp3) is 0.364. The number of aryl methyl sites for hydroxylation is 1. The Morgan fingerprint density at radius 2 is 1.81 bits per heavy atom. The van der Waals surface area contributed by atoms with Gasteiger partial charge in [-0.05, 0) is 19.8 Å². The fourth-order valence-electron chi connectivity index (χ4n) is 3.92. The standard InChI is InChI=1S/C22H24N2O6S/c1-14-12-18(25)22-21(29-14)17(20(30-22)15-6-4-3-5-7-15)13-19(26)23-16-8-10-24(11-9-16)31(2,27)28/h3-7,12,16H,8-11,13H2,1-2H3,(H,23,26). The van der Waals surface area contributed by atoms with Crippen LogP contribution in [-0.2, 0) is 21.2 Å². The lowest BCUT2D eigenvalue weighted by molar-refractivity contribution is -0.121. The van der Waals surface area contributed by atoms with E-state index in [-0.39, 0.29) is 35.0 Å². The predicted octanol–water partition coefficient (Wildman–Crippen LogP) is 2.44. The lowest BCUT2D eigenvalue weighted by Crippen LogP contribution is -2.46. The highest BCUT2D eigenvalue weighted by molar-refractivity contribution is 7.88. The fourth-order valence-corrected chi connectivity index (χ4v) is 4.79. The van der Waals surface area contributed by atoms with Crippen LogP contribution in [0.2, 0.25) is 0 Å². The molecule has 1 aliphatic heterocycles. The molecule has 1 saturated heterocycles. The van der Waals surface area contributed by atoms with Crippen LogP contribution in [0.15, 0.2) is 50.0 Å². The molecule has 1 aromatic carbocycles. The average molecular weight is 445 g/mol. The molecule has 0 spiro atoms. The Morgan fingerprint density at radius 3 is 2.45 bits per heavy atom. The Morgan fingerprint density at radius 1 is 1.13 bits per heavy atom. The van der Waals surface area contributed by atoms with Crippen molar-refractivity contribution >= 4 is 27.1 Å². The quantitative estimate of drug-likeness (QED) is 0.647. The first-order chi connectivity index (χ1) is 14.7. The van der Waals surface area contributed by atoms with Crippen molar-refractivity contribution in [1.29, 1.82) is 0 Å². The molecule has 1 aliphatic rings. The van der Waals surface area contributed by atoms with Crippen LogP contribution >= 0.6 is 0 Å². The third-order valence-electron chi connectivity index (χ3n) is 5.44. The van der Waals surface area contributed by atoms with Crippen molar-refractivity contribution in [3.63, 3.8) is 0 Å². The summed E-state index contributed by atoms with van der Waals surface area (Å²) in [5, 5.41) is 2.98. The number of hydrogen-bond acceptors (Lipinski definition) is 6. The summed E-state index contributed by atoms with van der Waals surface area (Å²) in [6.45, 7) is 2.43. The van der Waals surface area contributed by atoms with Crippen LogP contribution in [0, 0.1) is 6.92 Å². The molecule has 1 fully saturated rings. The van der Waals surface area contributed by atoms with Crippen molar-refractivity contribution in [2.75, 3.05) is 19.3 Å². The van der Waals surface area contributed by atoms with E-state index in [1.165, 1.54) is 16.6 Å². The highest BCUT2D eigenvalue weighted by Crippen LogP contribution is 2.33. The topological polar surface area (TPSA) is 110 Å². The van der Waals surface area contributed by atoms with E-state index in [1.54, 1.807) is 6.92 Å². The van der Waals surface area contributed by atoms with Crippen molar-refractivity contribution in [1.82, 2.24) is 9.62 Å². The Labute approximate surface area is 179 Å². The number of sulfonamides is 1. The molecule has 0 saturated carbocycles. The van der Waals surface area contributed by atoms with Crippen LogP contribution in [0.1, 0.15) is 24.2 Å². The smallest absolute Gasteiger partial charge is 0.228 e. The summed E-state index contributed by atoms with van der Waals surface area (Å²) in [6, 6.07) is 10.5. The van der Waals surface area contributed by atoms with Gasteiger partial charge >= 0.3 is 0 Å². The summed E-state index contributed by atoms with van der Waals surface area (Å²) in [5.41, 5.74) is 1.35. The molecule has 9 heteroatoms. The molecular weight excluding hydrogens is 420 g/mol. The second-order valence-corrected chi connectivity index (χ2v) is 9.82. The number of carbonyl (C=O) groups excluding carboxylic acids is 1. The minimum Gasteiger partial charge on any atom is -0.457 e. The number of benzene rings is 1. The lowest BCUT2D eigenvalue weighted by Gasteiger charge is -2.30. The maximum Gasteiger partial charge on any atom is 0.228 e. The maximum absolute atomic E-state index is 12.8. The van der Waals surface area contributed by atoms with Crippen LogP contribution < -0.4 is 10.7 Å². The van der Waals surface area contributed by atoms with E-state index < -0.39 is 10.0 Å². The molecule has 0 aliphatic carbocycles.